The molecule has 2 fully saturated rings. The molecule has 0 saturated carbocycles. The van der Waals surface area contributed by atoms with E-state index in [1.54, 1.807) is 6.20 Å². The topological polar surface area (TPSA) is 70.6 Å². The number of carbonyl (C=O) groups excluding carboxylic acids is 1. The molecule has 5 heterocycles. The van der Waals surface area contributed by atoms with Crippen LogP contribution in [0.2, 0.25) is 5.02 Å². The first-order valence-corrected chi connectivity index (χ1v) is 15.3. The summed E-state index contributed by atoms with van der Waals surface area (Å²) in [5.74, 6) is 0.328. The molecule has 3 atom stereocenters. The number of anilines is 1. The molecule has 3 aliphatic rings. The van der Waals surface area contributed by atoms with Gasteiger partial charge in [-0.2, -0.15) is 13.2 Å². The van der Waals surface area contributed by atoms with Crippen molar-refractivity contribution in [2.45, 2.75) is 50.7 Å². The highest BCUT2D eigenvalue weighted by atomic mass is 35.5. The normalized spacial score (nSPS) is 24.0. The standard InChI is InChI=1S/C32H35ClF3N5O2/c1-3-20-18-40(27-10-7-21(33)16-25(27)32(34,35)36)15-12-31(20)19-41(22-11-14-37-17-22)30(42)28-24(31)8-9-26(39-28)23-6-5-13-38-29(23)43-4-2/h5-10,13,16,20,22,37H,3-4,11-12,14-15,17-19H2,1-2H3/t20-,22?,31+/m1/s1. The Balaban J connectivity index is 1.43. The third kappa shape index (κ3) is 5.33. The van der Waals surface area contributed by atoms with Crippen molar-refractivity contribution in [3.05, 3.63) is 70.5 Å². The van der Waals surface area contributed by atoms with Gasteiger partial charge in [-0.3, -0.25) is 4.79 Å². The van der Waals surface area contributed by atoms with E-state index in [1.807, 2.05) is 41.0 Å². The van der Waals surface area contributed by atoms with Crippen LogP contribution in [0.25, 0.3) is 11.3 Å². The summed E-state index contributed by atoms with van der Waals surface area (Å²) >= 11 is 5.99. The van der Waals surface area contributed by atoms with Crippen LogP contribution in [0.1, 0.15) is 54.7 Å². The van der Waals surface area contributed by atoms with Gasteiger partial charge in [0, 0.05) is 54.5 Å². The molecule has 228 valence electrons. The predicted octanol–water partition coefficient (Wildman–Crippen LogP) is 6.21. The smallest absolute Gasteiger partial charge is 0.418 e. The van der Waals surface area contributed by atoms with Gasteiger partial charge in [0.25, 0.3) is 5.91 Å². The zero-order chi connectivity index (χ0) is 30.4. The Morgan fingerprint density at radius 2 is 2.02 bits per heavy atom. The second-order valence-electron chi connectivity index (χ2n) is 11.6. The zero-order valence-corrected chi connectivity index (χ0v) is 25.0. The molecule has 2 aromatic heterocycles. The minimum Gasteiger partial charge on any atom is -0.477 e. The number of alkyl halides is 3. The number of nitrogens with one attached hydrogen (secondary N) is 1. The van der Waals surface area contributed by atoms with E-state index in [9.17, 15) is 18.0 Å². The van der Waals surface area contributed by atoms with Crippen LogP contribution in [0, 0.1) is 5.92 Å². The van der Waals surface area contributed by atoms with Gasteiger partial charge in [-0.1, -0.05) is 31.0 Å². The van der Waals surface area contributed by atoms with Crippen molar-refractivity contribution in [1.82, 2.24) is 20.2 Å². The second kappa shape index (κ2) is 11.6. The van der Waals surface area contributed by atoms with Gasteiger partial charge in [-0.15, -0.1) is 0 Å². The van der Waals surface area contributed by atoms with Crippen molar-refractivity contribution in [3.63, 3.8) is 0 Å². The highest BCUT2D eigenvalue weighted by Crippen LogP contribution is 2.49. The van der Waals surface area contributed by atoms with Crippen LogP contribution in [0.5, 0.6) is 5.88 Å². The Morgan fingerprint density at radius 1 is 1.19 bits per heavy atom. The minimum absolute atomic E-state index is 0.0215. The van der Waals surface area contributed by atoms with E-state index >= 15 is 0 Å². The summed E-state index contributed by atoms with van der Waals surface area (Å²) in [5, 5.41) is 3.43. The van der Waals surface area contributed by atoms with Crippen LogP contribution >= 0.6 is 11.6 Å². The molecule has 6 rings (SSSR count). The van der Waals surface area contributed by atoms with Crippen LogP contribution in [0.3, 0.4) is 0 Å². The summed E-state index contributed by atoms with van der Waals surface area (Å²) in [4.78, 5) is 27.3. The average Bonchev–Trinajstić information content (AvgIpc) is 3.54. The first kappa shape index (κ1) is 29.7. The minimum atomic E-state index is -4.53. The summed E-state index contributed by atoms with van der Waals surface area (Å²) in [6.07, 6.45) is -0.710. The number of rotatable bonds is 6. The molecule has 3 aliphatic heterocycles. The van der Waals surface area contributed by atoms with Gasteiger partial charge in [-0.25, -0.2) is 9.97 Å². The number of benzene rings is 1. The average molecular weight is 614 g/mol. The molecule has 0 radical (unpaired) electrons. The number of halogens is 4. The maximum Gasteiger partial charge on any atom is 0.418 e. The molecule has 7 nitrogen and oxygen atoms in total. The molecule has 1 amide bonds. The van der Waals surface area contributed by atoms with Gasteiger partial charge in [0.05, 0.1) is 23.4 Å². The quantitative estimate of drug-likeness (QED) is 0.357. The predicted molar refractivity (Wildman–Crippen MR) is 160 cm³/mol. The molecule has 1 unspecified atom stereocenters. The van der Waals surface area contributed by atoms with Crippen molar-refractivity contribution in [2.24, 2.45) is 5.92 Å². The molecule has 0 aliphatic carbocycles. The lowest BCUT2D eigenvalue weighted by Gasteiger charge is -2.54. The number of aromatic nitrogens is 2. The fraction of sp³-hybridized carbons (Fsp3) is 0.469. The number of ether oxygens (including phenoxy) is 1. The molecule has 3 aromatic rings. The number of hydrogen-bond donors (Lipinski definition) is 1. The van der Waals surface area contributed by atoms with E-state index in [0.29, 0.717) is 62.0 Å². The van der Waals surface area contributed by atoms with E-state index in [0.717, 1.165) is 31.0 Å². The summed E-state index contributed by atoms with van der Waals surface area (Å²) in [5.41, 5.74) is 1.56. The van der Waals surface area contributed by atoms with E-state index in [4.69, 9.17) is 21.3 Å². The van der Waals surface area contributed by atoms with Crippen molar-refractivity contribution >= 4 is 23.2 Å². The molecule has 1 aromatic carbocycles. The SMILES string of the molecule is CCOc1ncccc1-c1ccc2c(n1)C(=O)N(C1CCNC1)C[C@]21CCN(c2ccc(Cl)cc2C(F)(F)F)C[C@H]1CC. The fourth-order valence-corrected chi connectivity index (χ4v) is 7.36. The van der Waals surface area contributed by atoms with Crippen LogP contribution in [0.15, 0.2) is 48.7 Å². The lowest BCUT2D eigenvalue weighted by molar-refractivity contribution is -0.137. The third-order valence-electron chi connectivity index (χ3n) is 9.30. The Labute approximate surface area is 254 Å². The number of hydrogen-bond acceptors (Lipinski definition) is 6. The first-order chi connectivity index (χ1) is 20.7. The first-order valence-electron chi connectivity index (χ1n) is 14.9. The number of pyridine rings is 2. The lowest BCUT2D eigenvalue weighted by Crippen LogP contribution is -2.61. The highest BCUT2D eigenvalue weighted by molar-refractivity contribution is 6.30. The van der Waals surface area contributed by atoms with E-state index < -0.39 is 17.2 Å². The molecule has 0 bridgehead atoms. The Hall–Kier alpha value is -3.37. The molecule has 1 spiro atoms. The maximum atomic E-state index is 14.1. The fourth-order valence-electron chi connectivity index (χ4n) is 7.19. The molecule has 2 saturated heterocycles. The second-order valence-corrected chi connectivity index (χ2v) is 12.0. The number of amides is 1. The van der Waals surface area contributed by atoms with Gasteiger partial charge >= 0.3 is 6.18 Å². The van der Waals surface area contributed by atoms with Crippen molar-refractivity contribution < 1.29 is 22.7 Å². The van der Waals surface area contributed by atoms with E-state index in [1.165, 1.54) is 12.1 Å². The number of nitrogens with zero attached hydrogens (tertiary/aromatic N) is 4. The monoisotopic (exact) mass is 613 g/mol. The Morgan fingerprint density at radius 3 is 2.74 bits per heavy atom. The van der Waals surface area contributed by atoms with Crippen molar-refractivity contribution in [3.8, 4) is 17.1 Å². The number of piperidine rings is 1. The molecular formula is C32H35ClF3N5O2. The van der Waals surface area contributed by atoms with E-state index in [2.05, 4.69) is 17.2 Å². The highest BCUT2D eigenvalue weighted by Gasteiger charge is 2.52. The molecule has 1 N–H and O–H groups in total. The summed E-state index contributed by atoms with van der Waals surface area (Å²) in [6.45, 7) is 7.28. The molecular weight excluding hydrogens is 579 g/mol. The van der Waals surface area contributed by atoms with Crippen molar-refractivity contribution in [2.75, 3.05) is 44.2 Å². The maximum absolute atomic E-state index is 14.1. The Bertz CT molecular complexity index is 1510. The molecule has 11 heteroatoms. The lowest BCUT2D eigenvalue weighted by atomic mass is 9.62. The van der Waals surface area contributed by atoms with Gasteiger partial charge in [0.15, 0.2) is 0 Å². The van der Waals surface area contributed by atoms with E-state index in [-0.39, 0.29) is 28.6 Å². The van der Waals surface area contributed by atoms with Crippen LogP contribution in [-0.4, -0.2) is 66.1 Å². The molecule has 43 heavy (non-hydrogen) atoms. The summed E-state index contributed by atoms with van der Waals surface area (Å²) in [6, 6.07) is 11.6. The van der Waals surface area contributed by atoms with Crippen LogP contribution < -0.4 is 15.0 Å². The van der Waals surface area contributed by atoms with Gasteiger partial charge in [0.1, 0.15) is 5.69 Å². The van der Waals surface area contributed by atoms with Gasteiger partial charge in [0.2, 0.25) is 5.88 Å². The summed E-state index contributed by atoms with van der Waals surface area (Å²) < 4.78 is 48.0. The van der Waals surface area contributed by atoms with Gasteiger partial charge < -0.3 is 19.9 Å². The van der Waals surface area contributed by atoms with Crippen molar-refractivity contribution in [1.29, 1.82) is 0 Å². The number of carbonyl (C=O) groups is 1. The largest absolute Gasteiger partial charge is 0.477 e. The Kier molecular flexibility index (Phi) is 8.02. The zero-order valence-electron chi connectivity index (χ0n) is 24.3. The van der Waals surface area contributed by atoms with Gasteiger partial charge in [-0.05, 0) is 74.2 Å². The van der Waals surface area contributed by atoms with Crippen LogP contribution in [0.4, 0.5) is 18.9 Å². The number of fused-ring (bicyclic) bond motifs is 2. The van der Waals surface area contributed by atoms with Crippen LogP contribution in [-0.2, 0) is 11.6 Å². The third-order valence-corrected chi connectivity index (χ3v) is 9.53. The summed E-state index contributed by atoms with van der Waals surface area (Å²) in [7, 11) is 0.